The number of carbonyl (C=O) groups is 2. The van der Waals surface area contributed by atoms with Crippen LogP contribution in [0.2, 0.25) is 0 Å². The minimum absolute atomic E-state index is 0.0460. The van der Waals surface area contributed by atoms with Gasteiger partial charge >= 0.3 is 0 Å². The molecule has 2 N–H and O–H groups in total. The van der Waals surface area contributed by atoms with Crippen LogP contribution in [-0.2, 0) is 33.8 Å². The standard InChI is InChI=1S/C21H31N5O3/c1-3-18-16(13-22-19(28)7-5-6-10-27)20(24-15-8-11-29-12-9-15)17-14-23-26(4-2)21(17)25-18/h10,14-15H,3-9,11-13H2,1-2H3,(H,22,28)(H,24,25). The lowest BCUT2D eigenvalue weighted by Gasteiger charge is -2.26. The largest absolute Gasteiger partial charge is 0.381 e. The summed E-state index contributed by atoms with van der Waals surface area (Å²) < 4.78 is 7.40. The molecule has 0 bridgehead atoms. The third-order valence-corrected chi connectivity index (χ3v) is 5.36. The molecule has 8 nitrogen and oxygen atoms in total. The van der Waals surface area contributed by atoms with Crippen molar-refractivity contribution >= 4 is 28.9 Å². The smallest absolute Gasteiger partial charge is 0.220 e. The predicted octanol–water partition coefficient (Wildman–Crippen LogP) is 2.59. The Bertz CT molecular complexity index is 842. The topological polar surface area (TPSA) is 98.1 Å². The Balaban J connectivity index is 1.91. The third kappa shape index (κ3) is 5.12. The van der Waals surface area contributed by atoms with Gasteiger partial charge in [-0.05, 0) is 32.6 Å². The number of ether oxygens (including phenoxy) is 1. The second-order valence-electron chi connectivity index (χ2n) is 7.33. The number of carbonyl (C=O) groups excluding carboxylic acids is 2. The van der Waals surface area contributed by atoms with E-state index in [4.69, 9.17) is 9.72 Å². The number of pyridine rings is 1. The number of nitrogens with one attached hydrogen (secondary N) is 2. The Labute approximate surface area is 171 Å². The number of amides is 1. The van der Waals surface area contributed by atoms with Gasteiger partial charge in [0.05, 0.1) is 17.3 Å². The summed E-state index contributed by atoms with van der Waals surface area (Å²) in [6, 6.07) is 0.325. The zero-order valence-corrected chi connectivity index (χ0v) is 17.4. The van der Waals surface area contributed by atoms with Gasteiger partial charge in [-0.1, -0.05) is 6.92 Å². The van der Waals surface area contributed by atoms with Crippen LogP contribution in [0, 0.1) is 0 Å². The zero-order valence-electron chi connectivity index (χ0n) is 17.4. The summed E-state index contributed by atoms with van der Waals surface area (Å²) in [7, 11) is 0. The van der Waals surface area contributed by atoms with Crippen molar-refractivity contribution in [3.8, 4) is 0 Å². The number of aromatic nitrogens is 3. The molecule has 1 amide bonds. The normalized spacial score (nSPS) is 14.8. The Morgan fingerprint density at radius 2 is 2.14 bits per heavy atom. The van der Waals surface area contributed by atoms with E-state index in [-0.39, 0.29) is 5.91 Å². The molecule has 0 atom stereocenters. The molecule has 29 heavy (non-hydrogen) atoms. The maximum Gasteiger partial charge on any atom is 0.220 e. The molecule has 158 valence electrons. The molecular weight excluding hydrogens is 370 g/mol. The first-order valence-electron chi connectivity index (χ1n) is 10.6. The van der Waals surface area contributed by atoms with Crippen molar-refractivity contribution in [2.75, 3.05) is 18.5 Å². The second-order valence-corrected chi connectivity index (χ2v) is 7.33. The van der Waals surface area contributed by atoms with Crippen LogP contribution in [0.3, 0.4) is 0 Å². The van der Waals surface area contributed by atoms with E-state index in [0.717, 1.165) is 73.3 Å². The van der Waals surface area contributed by atoms with Crippen molar-refractivity contribution in [1.29, 1.82) is 0 Å². The van der Waals surface area contributed by atoms with Gasteiger partial charge in [-0.25, -0.2) is 9.67 Å². The summed E-state index contributed by atoms with van der Waals surface area (Å²) in [6.07, 6.45) is 6.72. The molecule has 2 aromatic heterocycles. The summed E-state index contributed by atoms with van der Waals surface area (Å²) in [5.41, 5.74) is 3.88. The number of anilines is 1. The van der Waals surface area contributed by atoms with Crippen LogP contribution in [0.25, 0.3) is 11.0 Å². The van der Waals surface area contributed by atoms with Crippen molar-refractivity contribution in [1.82, 2.24) is 20.1 Å². The molecule has 0 spiro atoms. The predicted molar refractivity (Wildman–Crippen MR) is 112 cm³/mol. The maximum absolute atomic E-state index is 12.2. The van der Waals surface area contributed by atoms with Gasteiger partial charge in [-0.2, -0.15) is 5.10 Å². The van der Waals surface area contributed by atoms with Crippen LogP contribution >= 0.6 is 0 Å². The first-order valence-corrected chi connectivity index (χ1v) is 10.6. The monoisotopic (exact) mass is 401 g/mol. The molecule has 8 heteroatoms. The van der Waals surface area contributed by atoms with E-state index < -0.39 is 0 Å². The number of nitrogens with zero attached hydrogens (tertiary/aromatic N) is 3. The highest BCUT2D eigenvalue weighted by atomic mass is 16.5. The molecule has 0 saturated carbocycles. The molecule has 2 aromatic rings. The Morgan fingerprint density at radius 1 is 1.34 bits per heavy atom. The molecule has 1 aliphatic heterocycles. The average Bonchev–Trinajstić information content (AvgIpc) is 3.16. The van der Waals surface area contributed by atoms with Gasteiger partial charge in [0.25, 0.3) is 0 Å². The lowest BCUT2D eigenvalue weighted by atomic mass is 10.0. The molecule has 1 saturated heterocycles. The van der Waals surface area contributed by atoms with Crippen molar-refractivity contribution in [2.24, 2.45) is 0 Å². The van der Waals surface area contributed by atoms with E-state index in [9.17, 15) is 9.59 Å². The molecule has 3 rings (SSSR count). The number of aldehydes is 1. The van der Waals surface area contributed by atoms with Crippen LogP contribution < -0.4 is 10.6 Å². The fourth-order valence-electron chi connectivity index (χ4n) is 3.72. The summed E-state index contributed by atoms with van der Waals surface area (Å²) in [5.74, 6) is -0.0460. The van der Waals surface area contributed by atoms with E-state index in [1.807, 2.05) is 10.9 Å². The van der Waals surface area contributed by atoms with Crippen LogP contribution in [-0.4, -0.2) is 46.2 Å². The van der Waals surface area contributed by atoms with Crippen molar-refractivity contribution < 1.29 is 14.3 Å². The average molecular weight is 402 g/mol. The second kappa shape index (κ2) is 10.3. The zero-order chi connectivity index (χ0) is 20.6. The first-order chi connectivity index (χ1) is 14.2. The van der Waals surface area contributed by atoms with Gasteiger partial charge in [0.2, 0.25) is 5.91 Å². The fraction of sp³-hybridized carbons (Fsp3) is 0.619. The maximum atomic E-state index is 12.2. The molecule has 0 aliphatic carbocycles. The molecule has 0 aromatic carbocycles. The number of rotatable bonds is 10. The van der Waals surface area contributed by atoms with Crippen molar-refractivity contribution in [3.63, 3.8) is 0 Å². The van der Waals surface area contributed by atoms with Crippen LogP contribution in [0.15, 0.2) is 6.20 Å². The van der Waals surface area contributed by atoms with Gasteiger partial charge < -0.3 is 20.2 Å². The van der Waals surface area contributed by atoms with Gasteiger partial charge in [0, 0.05) is 56.4 Å². The van der Waals surface area contributed by atoms with Crippen molar-refractivity contribution in [2.45, 2.75) is 71.5 Å². The quantitative estimate of drug-likeness (QED) is 0.469. The van der Waals surface area contributed by atoms with Crippen molar-refractivity contribution in [3.05, 3.63) is 17.5 Å². The Kier molecular flexibility index (Phi) is 7.57. The molecule has 0 unspecified atom stereocenters. The number of hydrogen-bond acceptors (Lipinski definition) is 6. The van der Waals surface area contributed by atoms with Gasteiger partial charge in [0.15, 0.2) is 5.65 Å². The molecule has 1 fully saturated rings. The number of hydrogen-bond donors (Lipinski definition) is 2. The summed E-state index contributed by atoms with van der Waals surface area (Å²) in [5, 5.41) is 12.2. The van der Waals surface area contributed by atoms with E-state index in [1.54, 1.807) is 0 Å². The Morgan fingerprint density at radius 3 is 2.83 bits per heavy atom. The molecule has 0 radical (unpaired) electrons. The molecule has 3 heterocycles. The highest BCUT2D eigenvalue weighted by Gasteiger charge is 2.21. The lowest BCUT2D eigenvalue weighted by molar-refractivity contribution is -0.121. The number of unbranched alkanes of at least 4 members (excludes halogenated alkanes) is 1. The fourth-order valence-corrected chi connectivity index (χ4v) is 3.72. The highest BCUT2D eigenvalue weighted by Crippen LogP contribution is 2.31. The van der Waals surface area contributed by atoms with E-state index in [0.29, 0.717) is 31.8 Å². The molecular formula is C21H31N5O3. The molecule has 1 aliphatic rings. The van der Waals surface area contributed by atoms with E-state index >= 15 is 0 Å². The minimum Gasteiger partial charge on any atom is -0.381 e. The summed E-state index contributed by atoms with van der Waals surface area (Å²) >= 11 is 0. The van der Waals surface area contributed by atoms with Gasteiger partial charge in [-0.3, -0.25) is 4.79 Å². The first kappa shape index (κ1) is 21.2. The summed E-state index contributed by atoms with van der Waals surface area (Å²) in [6.45, 7) is 6.80. The lowest BCUT2D eigenvalue weighted by Crippen LogP contribution is -2.30. The van der Waals surface area contributed by atoms with E-state index in [1.165, 1.54) is 0 Å². The SMILES string of the molecule is CCc1nc2c(cnn2CC)c(NC2CCOCC2)c1CNC(=O)CCCC=O. The minimum atomic E-state index is -0.0460. The Hall–Kier alpha value is -2.48. The van der Waals surface area contributed by atoms with Crippen LogP contribution in [0.1, 0.15) is 57.2 Å². The van der Waals surface area contributed by atoms with Gasteiger partial charge in [-0.15, -0.1) is 0 Å². The van der Waals surface area contributed by atoms with Gasteiger partial charge in [0.1, 0.15) is 6.29 Å². The number of aryl methyl sites for hydroxylation is 2. The number of fused-ring (bicyclic) bond motifs is 1. The summed E-state index contributed by atoms with van der Waals surface area (Å²) in [4.78, 5) is 27.5. The van der Waals surface area contributed by atoms with Crippen LogP contribution in [0.4, 0.5) is 5.69 Å². The highest BCUT2D eigenvalue weighted by molar-refractivity contribution is 5.91. The van der Waals surface area contributed by atoms with E-state index in [2.05, 4.69) is 29.6 Å². The third-order valence-electron chi connectivity index (χ3n) is 5.36. The van der Waals surface area contributed by atoms with Crippen LogP contribution in [0.5, 0.6) is 0 Å².